The molecule has 20 heavy (non-hydrogen) atoms. The smallest absolute Gasteiger partial charge is 0.274 e. The maximum atomic E-state index is 10.8. The SMILES string of the molecule is CCN(C)/C(=C\[N+](=O)[O-])N(CC)Cc1ccc(Cl)nc1. The van der Waals surface area contributed by atoms with Crippen LogP contribution in [0.2, 0.25) is 5.15 Å². The number of nitrogens with zero attached hydrogens (tertiary/aromatic N) is 4. The third-order valence-electron chi connectivity index (χ3n) is 2.95. The second kappa shape index (κ2) is 7.69. The lowest BCUT2D eigenvalue weighted by Gasteiger charge is -2.30. The van der Waals surface area contributed by atoms with E-state index in [4.69, 9.17) is 11.6 Å². The maximum Gasteiger partial charge on any atom is 0.274 e. The fraction of sp³-hybridized carbons (Fsp3) is 0.462. The summed E-state index contributed by atoms with van der Waals surface area (Å²) in [5.41, 5.74) is 0.954. The van der Waals surface area contributed by atoms with E-state index in [1.807, 2.05) is 36.8 Å². The summed E-state index contributed by atoms with van der Waals surface area (Å²) >= 11 is 5.75. The molecule has 0 aliphatic heterocycles. The molecule has 1 aromatic rings. The lowest BCUT2D eigenvalue weighted by molar-refractivity contribution is -0.405. The highest BCUT2D eigenvalue weighted by Gasteiger charge is 2.16. The molecule has 0 N–H and O–H groups in total. The molecule has 110 valence electrons. The molecule has 1 aromatic heterocycles. The Morgan fingerprint density at radius 2 is 2.15 bits per heavy atom. The summed E-state index contributed by atoms with van der Waals surface area (Å²) in [4.78, 5) is 18.2. The van der Waals surface area contributed by atoms with Gasteiger partial charge in [-0.2, -0.15) is 0 Å². The van der Waals surface area contributed by atoms with E-state index < -0.39 is 4.92 Å². The van der Waals surface area contributed by atoms with E-state index in [-0.39, 0.29) is 0 Å². The summed E-state index contributed by atoms with van der Waals surface area (Å²) in [5.74, 6) is 0.579. The molecule has 6 nitrogen and oxygen atoms in total. The minimum absolute atomic E-state index is 0.426. The molecule has 1 rings (SSSR count). The van der Waals surface area contributed by atoms with Crippen LogP contribution in [0, 0.1) is 10.1 Å². The predicted molar refractivity (Wildman–Crippen MR) is 78.7 cm³/mol. The Kier molecular flexibility index (Phi) is 6.24. The van der Waals surface area contributed by atoms with Gasteiger partial charge < -0.3 is 9.80 Å². The van der Waals surface area contributed by atoms with Crippen molar-refractivity contribution >= 4 is 11.6 Å². The van der Waals surface area contributed by atoms with Crippen molar-refractivity contribution in [1.29, 1.82) is 0 Å². The lowest BCUT2D eigenvalue weighted by Crippen LogP contribution is -2.33. The van der Waals surface area contributed by atoms with Crippen molar-refractivity contribution < 1.29 is 4.92 Å². The van der Waals surface area contributed by atoms with Gasteiger partial charge in [-0.1, -0.05) is 17.7 Å². The normalized spacial score (nSPS) is 11.3. The van der Waals surface area contributed by atoms with Gasteiger partial charge in [-0.3, -0.25) is 10.1 Å². The van der Waals surface area contributed by atoms with Crippen molar-refractivity contribution in [3.63, 3.8) is 0 Å². The van der Waals surface area contributed by atoms with E-state index in [1.54, 1.807) is 12.3 Å². The standard InChI is InChI=1S/C13H19ClN4O2/c1-4-16(3)13(10-18(19)20)17(5-2)9-11-6-7-12(14)15-8-11/h6-8,10H,4-5,9H2,1-3H3/b13-10+. The van der Waals surface area contributed by atoms with E-state index in [2.05, 4.69) is 4.98 Å². The second-order valence-corrected chi connectivity index (χ2v) is 4.68. The van der Waals surface area contributed by atoms with Gasteiger partial charge in [0.05, 0.1) is 4.92 Å². The highest BCUT2D eigenvalue weighted by atomic mass is 35.5. The average molecular weight is 299 g/mol. The van der Waals surface area contributed by atoms with Gasteiger partial charge >= 0.3 is 0 Å². The van der Waals surface area contributed by atoms with Crippen LogP contribution in [0.5, 0.6) is 0 Å². The summed E-state index contributed by atoms with van der Waals surface area (Å²) < 4.78 is 0. The van der Waals surface area contributed by atoms with Gasteiger partial charge in [-0.05, 0) is 25.5 Å². The van der Waals surface area contributed by atoms with Crippen LogP contribution in [0.4, 0.5) is 0 Å². The van der Waals surface area contributed by atoms with Crippen LogP contribution in [-0.4, -0.2) is 39.8 Å². The van der Waals surface area contributed by atoms with E-state index >= 15 is 0 Å². The van der Waals surface area contributed by atoms with Crippen molar-refractivity contribution in [2.75, 3.05) is 20.1 Å². The molecule has 0 saturated carbocycles. The molecule has 0 aliphatic rings. The molecular formula is C13H19ClN4O2. The zero-order valence-electron chi connectivity index (χ0n) is 11.9. The van der Waals surface area contributed by atoms with Gasteiger partial charge in [0.2, 0.25) is 0 Å². The Hall–Kier alpha value is -1.82. The highest BCUT2D eigenvalue weighted by Crippen LogP contribution is 2.14. The van der Waals surface area contributed by atoms with Crippen molar-refractivity contribution in [3.8, 4) is 0 Å². The third-order valence-corrected chi connectivity index (χ3v) is 3.18. The molecule has 0 unspecified atom stereocenters. The van der Waals surface area contributed by atoms with Crippen molar-refractivity contribution in [2.45, 2.75) is 20.4 Å². The molecule has 0 aromatic carbocycles. The van der Waals surface area contributed by atoms with E-state index in [0.717, 1.165) is 11.8 Å². The summed E-state index contributed by atoms with van der Waals surface area (Å²) in [6.07, 6.45) is 2.72. The number of hydrogen-bond donors (Lipinski definition) is 0. The molecule has 0 bridgehead atoms. The molecule has 0 aliphatic carbocycles. The van der Waals surface area contributed by atoms with Crippen molar-refractivity contribution in [1.82, 2.24) is 14.8 Å². The van der Waals surface area contributed by atoms with Gasteiger partial charge in [0.25, 0.3) is 6.20 Å². The van der Waals surface area contributed by atoms with Crippen LogP contribution < -0.4 is 0 Å². The first kappa shape index (κ1) is 16.2. The van der Waals surface area contributed by atoms with Crippen LogP contribution in [0.1, 0.15) is 19.4 Å². The fourth-order valence-corrected chi connectivity index (χ4v) is 1.86. The third kappa shape index (κ3) is 4.70. The lowest BCUT2D eigenvalue weighted by atomic mass is 10.2. The Balaban J connectivity index is 2.96. The monoisotopic (exact) mass is 298 g/mol. The molecule has 0 atom stereocenters. The topological polar surface area (TPSA) is 62.5 Å². The summed E-state index contributed by atoms with van der Waals surface area (Å²) in [7, 11) is 1.83. The number of aromatic nitrogens is 1. The zero-order chi connectivity index (χ0) is 15.1. The molecule has 0 amide bonds. The van der Waals surface area contributed by atoms with Gasteiger partial charge in [0, 0.05) is 32.9 Å². The van der Waals surface area contributed by atoms with E-state index in [0.29, 0.717) is 30.6 Å². The largest absolute Gasteiger partial charge is 0.356 e. The van der Waals surface area contributed by atoms with Crippen LogP contribution >= 0.6 is 11.6 Å². The summed E-state index contributed by atoms with van der Waals surface area (Å²) in [6, 6.07) is 3.58. The second-order valence-electron chi connectivity index (χ2n) is 4.29. The number of pyridine rings is 1. The number of halogens is 1. The predicted octanol–water partition coefficient (Wildman–Crippen LogP) is 2.58. The van der Waals surface area contributed by atoms with Crippen LogP contribution in [0.25, 0.3) is 0 Å². The fourth-order valence-electron chi connectivity index (χ4n) is 1.75. The van der Waals surface area contributed by atoms with Crippen LogP contribution in [-0.2, 0) is 6.54 Å². The molecule has 7 heteroatoms. The Morgan fingerprint density at radius 1 is 1.45 bits per heavy atom. The molecule has 0 radical (unpaired) electrons. The first-order valence-corrected chi connectivity index (χ1v) is 6.77. The number of rotatable bonds is 7. The quantitative estimate of drug-likeness (QED) is 0.440. The number of hydrogen-bond acceptors (Lipinski definition) is 5. The van der Waals surface area contributed by atoms with Gasteiger partial charge in [0.15, 0.2) is 5.82 Å². The Morgan fingerprint density at radius 3 is 2.60 bits per heavy atom. The van der Waals surface area contributed by atoms with Crippen molar-refractivity contribution in [2.24, 2.45) is 0 Å². The van der Waals surface area contributed by atoms with E-state index in [9.17, 15) is 10.1 Å². The molecular weight excluding hydrogens is 280 g/mol. The van der Waals surface area contributed by atoms with Gasteiger partial charge in [-0.15, -0.1) is 0 Å². The minimum atomic E-state index is -0.426. The highest BCUT2D eigenvalue weighted by molar-refractivity contribution is 6.29. The summed E-state index contributed by atoms with van der Waals surface area (Å²) in [5, 5.41) is 11.2. The van der Waals surface area contributed by atoms with E-state index in [1.165, 1.54) is 0 Å². The van der Waals surface area contributed by atoms with Gasteiger partial charge in [-0.25, -0.2) is 4.98 Å². The van der Waals surface area contributed by atoms with Crippen LogP contribution in [0.3, 0.4) is 0 Å². The van der Waals surface area contributed by atoms with Crippen molar-refractivity contribution in [3.05, 3.63) is 51.2 Å². The first-order chi connectivity index (χ1) is 9.47. The summed E-state index contributed by atoms with van der Waals surface area (Å²) in [6.45, 7) is 5.80. The molecule has 0 fully saturated rings. The molecule has 0 saturated heterocycles. The Labute approximate surface area is 123 Å². The Bertz CT molecular complexity index is 476. The maximum absolute atomic E-state index is 10.8. The van der Waals surface area contributed by atoms with Crippen LogP contribution in [0.15, 0.2) is 30.4 Å². The zero-order valence-corrected chi connectivity index (χ0v) is 12.7. The molecule has 1 heterocycles. The average Bonchev–Trinajstić information content (AvgIpc) is 2.43. The minimum Gasteiger partial charge on any atom is -0.356 e. The molecule has 0 spiro atoms. The number of nitro groups is 1. The first-order valence-electron chi connectivity index (χ1n) is 6.39. The van der Waals surface area contributed by atoms with Gasteiger partial charge in [0.1, 0.15) is 5.15 Å².